The Morgan fingerprint density at radius 1 is 1.21 bits per heavy atom. The van der Waals surface area contributed by atoms with Gasteiger partial charge >= 0.3 is 0 Å². The average molecular weight is 428 g/mol. The molecule has 1 unspecified atom stereocenters. The minimum absolute atomic E-state index is 0. The molecule has 10 heteroatoms. The second-order valence-electron chi connectivity index (χ2n) is 6.70. The maximum absolute atomic E-state index is 12.8. The van der Waals surface area contributed by atoms with Gasteiger partial charge in [0.2, 0.25) is 15.9 Å². The Morgan fingerprint density at radius 2 is 1.86 bits per heavy atom. The van der Waals surface area contributed by atoms with Crippen molar-refractivity contribution in [3.8, 4) is 0 Å². The molecule has 154 valence electrons. The lowest BCUT2D eigenvalue weighted by molar-refractivity contribution is -0.134. The first-order valence-corrected chi connectivity index (χ1v) is 10.4. The van der Waals surface area contributed by atoms with E-state index in [0.29, 0.717) is 25.9 Å². The van der Waals surface area contributed by atoms with Crippen LogP contribution in [0, 0.1) is 0 Å². The van der Waals surface area contributed by atoms with Gasteiger partial charge < -0.3 is 10.2 Å². The van der Waals surface area contributed by atoms with Crippen LogP contribution in [-0.2, 0) is 21.9 Å². The van der Waals surface area contributed by atoms with Crippen molar-refractivity contribution in [2.45, 2.75) is 29.8 Å². The summed E-state index contributed by atoms with van der Waals surface area (Å²) < 4.78 is 29.3. The molecule has 2 N–H and O–H groups in total. The number of benzene rings is 1. The van der Waals surface area contributed by atoms with Crippen molar-refractivity contribution in [3.63, 3.8) is 0 Å². The number of sulfonamides is 1. The number of hydrogen-bond acceptors (Lipinski definition) is 5. The third-order valence-corrected chi connectivity index (χ3v) is 6.31. The molecule has 0 spiro atoms. The molecule has 1 aromatic carbocycles. The molecular formula is C18H26ClN5O3S. The summed E-state index contributed by atoms with van der Waals surface area (Å²) in [7, 11) is 0.0212. The van der Waals surface area contributed by atoms with Crippen LogP contribution in [0.25, 0.3) is 0 Å². The average Bonchev–Trinajstić information content (AvgIpc) is 3.09. The van der Waals surface area contributed by atoms with Crippen molar-refractivity contribution in [2.75, 3.05) is 20.1 Å². The summed E-state index contributed by atoms with van der Waals surface area (Å²) in [5.41, 5.74) is 0.817. The van der Waals surface area contributed by atoms with Crippen molar-refractivity contribution in [3.05, 3.63) is 48.3 Å². The third kappa shape index (κ3) is 5.11. The number of aryl methyl sites for hydroxylation is 1. The number of rotatable bonds is 6. The summed E-state index contributed by atoms with van der Waals surface area (Å²) in [4.78, 5) is 14.9. The SMILES string of the molecule is CNC(C(=O)N1CCC(NS(=O)(=O)c2ccccc2)CC1)c1cnn(C)c1.Cl. The molecule has 28 heavy (non-hydrogen) atoms. The van der Waals surface area contributed by atoms with E-state index >= 15 is 0 Å². The molecule has 1 saturated heterocycles. The highest BCUT2D eigenvalue weighted by atomic mass is 35.5. The molecule has 8 nitrogen and oxygen atoms in total. The largest absolute Gasteiger partial charge is 0.341 e. The van der Waals surface area contributed by atoms with Gasteiger partial charge in [-0.15, -0.1) is 12.4 Å². The lowest BCUT2D eigenvalue weighted by atomic mass is 10.0. The Hall–Kier alpha value is -1.94. The third-order valence-electron chi connectivity index (χ3n) is 4.78. The van der Waals surface area contributed by atoms with Gasteiger partial charge in [0.15, 0.2) is 0 Å². The molecular weight excluding hydrogens is 402 g/mol. The van der Waals surface area contributed by atoms with E-state index in [1.807, 2.05) is 13.2 Å². The first-order chi connectivity index (χ1) is 12.9. The Balaban J connectivity index is 0.00000280. The van der Waals surface area contributed by atoms with E-state index in [1.54, 1.807) is 53.2 Å². The highest BCUT2D eigenvalue weighted by Gasteiger charge is 2.30. The number of amides is 1. The normalized spacial score (nSPS) is 16.4. The maximum atomic E-state index is 12.8. The summed E-state index contributed by atoms with van der Waals surface area (Å²) in [5.74, 6) is -0.0186. The molecule has 3 rings (SSSR count). The van der Waals surface area contributed by atoms with Crippen LogP contribution in [0.4, 0.5) is 0 Å². The smallest absolute Gasteiger partial charge is 0.244 e. The summed E-state index contributed by atoms with van der Waals surface area (Å²) in [5, 5.41) is 7.17. The van der Waals surface area contributed by atoms with Crippen LogP contribution in [0.15, 0.2) is 47.6 Å². The quantitative estimate of drug-likeness (QED) is 0.718. The molecule has 0 aliphatic carbocycles. The number of piperidine rings is 1. The van der Waals surface area contributed by atoms with Crippen LogP contribution in [0.3, 0.4) is 0 Å². The van der Waals surface area contributed by atoms with Gasteiger partial charge in [-0.25, -0.2) is 13.1 Å². The van der Waals surface area contributed by atoms with Crippen molar-refractivity contribution in [1.82, 2.24) is 24.7 Å². The van der Waals surface area contributed by atoms with Crippen molar-refractivity contribution < 1.29 is 13.2 Å². The first-order valence-electron chi connectivity index (χ1n) is 8.92. The fraction of sp³-hybridized carbons (Fsp3) is 0.444. The molecule has 1 aliphatic rings. The first kappa shape index (κ1) is 22.4. The zero-order valence-corrected chi connectivity index (χ0v) is 17.5. The van der Waals surface area contributed by atoms with Crippen LogP contribution in [0.5, 0.6) is 0 Å². The van der Waals surface area contributed by atoms with E-state index < -0.39 is 16.1 Å². The fourth-order valence-electron chi connectivity index (χ4n) is 3.31. The van der Waals surface area contributed by atoms with Crippen LogP contribution in [0.2, 0.25) is 0 Å². The molecule has 1 aliphatic heterocycles. The molecule has 1 amide bonds. The van der Waals surface area contributed by atoms with Crippen molar-refractivity contribution in [2.24, 2.45) is 7.05 Å². The number of halogens is 1. The second kappa shape index (κ2) is 9.51. The van der Waals surface area contributed by atoms with E-state index in [1.165, 1.54) is 0 Å². The minimum atomic E-state index is -3.54. The summed E-state index contributed by atoms with van der Waals surface area (Å²) >= 11 is 0. The molecule has 0 saturated carbocycles. The second-order valence-corrected chi connectivity index (χ2v) is 8.42. The Morgan fingerprint density at radius 3 is 2.39 bits per heavy atom. The number of nitrogens with one attached hydrogen (secondary N) is 2. The lowest BCUT2D eigenvalue weighted by Gasteiger charge is -2.34. The number of aromatic nitrogens is 2. The summed E-state index contributed by atoms with van der Waals surface area (Å²) in [6.45, 7) is 1.03. The van der Waals surface area contributed by atoms with E-state index in [0.717, 1.165) is 5.56 Å². The van der Waals surface area contributed by atoms with E-state index in [9.17, 15) is 13.2 Å². The fourth-order valence-corrected chi connectivity index (χ4v) is 4.64. The highest BCUT2D eigenvalue weighted by Crippen LogP contribution is 2.20. The number of nitrogens with zero attached hydrogens (tertiary/aromatic N) is 3. The summed E-state index contributed by atoms with van der Waals surface area (Å²) in [6.07, 6.45) is 4.67. The Kier molecular flexibility index (Phi) is 7.59. The molecule has 1 fully saturated rings. The monoisotopic (exact) mass is 427 g/mol. The number of hydrogen-bond donors (Lipinski definition) is 2. The van der Waals surface area contributed by atoms with E-state index in [4.69, 9.17) is 0 Å². The maximum Gasteiger partial charge on any atom is 0.244 e. The minimum Gasteiger partial charge on any atom is -0.341 e. The van der Waals surface area contributed by atoms with Gasteiger partial charge in [0.05, 0.1) is 11.1 Å². The standard InChI is InChI=1S/C18H25N5O3S.ClH/c1-19-17(14-12-20-22(2)13-14)18(24)23-10-8-15(9-11-23)21-27(25,26)16-6-4-3-5-7-16;/h3-7,12-13,15,17,19,21H,8-11H2,1-2H3;1H. The summed E-state index contributed by atoms with van der Waals surface area (Å²) in [6, 6.07) is 7.71. The Labute approximate surface area is 171 Å². The van der Waals surface area contributed by atoms with Gasteiger partial charge in [0.25, 0.3) is 0 Å². The predicted octanol–water partition coefficient (Wildman–Crippen LogP) is 1.07. The number of likely N-dealkylation sites (N-methyl/N-ethyl adjacent to an activating group) is 1. The topological polar surface area (TPSA) is 96.3 Å². The van der Waals surface area contributed by atoms with Crippen molar-refractivity contribution >= 4 is 28.3 Å². The van der Waals surface area contributed by atoms with Gasteiger partial charge in [-0.3, -0.25) is 9.48 Å². The molecule has 1 atom stereocenters. The van der Waals surface area contributed by atoms with Crippen LogP contribution < -0.4 is 10.0 Å². The zero-order valence-electron chi connectivity index (χ0n) is 15.9. The highest BCUT2D eigenvalue weighted by molar-refractivity contribution is 7.89. The van der Waals surface area contributed by atoms with Gasteiger partial charge in [0.1, 0.15) is 6.04 Å². The van der Waals surface area contributed by atoms with Crippen LogP contribution >= 0.6 is 12.4 Å². The zero-order chi connectivity index (χ0) is 19.4. The molecule has 1 aromatic heterocycles. The van der Waals surface area contributed by atoms with Crippen LogP contribution in [0.1, 0.15) is 24.4 Å². The Bertz CT molecular complexity index is 880. The van der Waals surface area contributed by atoms with Crippen molar-refractivity contribution in [1.29, 1.82) is 0 Å². The molecule has 2 aromatic rings. The van der Waals surface area contributed by atoms with Gasteiger partial charge in [-0.1, -0.05) is 18.2 Å². The van der Waals surface area contributed by atoms with Gasteiger partial charge in [-0.2, -0.15) is 5.10 Å². The molecule has 0 bridgehead atoms. The predicted molar refractivity (Wildman–Crippen MR) is 109 cm³/mol. The lowest BCUT2D eigenvalue weighted by Crippen LogP contribution is -2.49. The van der Waals surface area contributed by atoms with Crippen LogP contribution in [-0.4, -0.2) is 55.2 Å². The number of carbonyl (C=O) groups excluding carboxylic acids is 1. The molecule has 0 radical (unpaired) electrons. The van der Waals surface area contributed by atoms with Gasteiger partial charge in [-0.05, 0) is 32.0 Å². The molecule has 2 heterocycles. The van der Waals surface area contributed by atoms with E-state index in [2.05, 4.69) is 15.1 Å². The van der Waals surface area contributed by atoms with E-state index in [-0.39, 0.29) is 29.3 Å². The number of carbonyl (C=O) groups is 1. The van der Waals surface area contributed by atoms with Gasteiger partial charge in [0, 0.05) is 37.9 Å². The number of likely N-dealkylation sites (tertiary alicyclic amines) is 1.